The molecule has 1 heteroatoms. The molecule has 0 spiro atoms. The van der Waals surface area contributed by atoms with Crippen LogP contribution >= 0.6 is 0 Å². The summed E-state index contributed by atoms with van der Waals surface area (Å²) in [5.74, 6) is 4.49. The van der Waals surface area contributed by atoms with Gasteiger partial charge in [0.1, 0.15) is 11.5 Å². The van der Waals surface area contributed by atoms with Gasteiger partial charge in [0.15, 0.2) is 0 Å². The molecule has 0 N–H and O–H groups in total. The van der Waals surface area contributed by atoms with E-state index in [4.69, 9.17) is 11.2 Å². The molecule has 0 rings (SSSR count). The summed E-state index contributed by atoms with van der Waals surface area (Å²) in [7, 11) is 0. The molecule has 0 aromatic heterocycles. The Kier molecular flexibility index (Phi) is 12.5. The van der Waals surface area contributed by atoms with Gasteiger partial charge in [0.05, 0.1) is 0 Å². The zero-order valence-corrected chi connectivity index (χ0v) is 15.5. The van der Waals surface area contributed by atoms with Gasteiger partial charge in [-0.15, -0.1) is 6.42 Å². The van der Waals surface area contributed by atoms with Gasteiger partial charge < -0.3 is 4.74 Å². The first-order valence-electron chi connectivity index (χ1n) is 8.64. The van der Waals surface area contributed by atoms with Crippen molar-refractivity contribution < 1.29 is 4.74 Å². The Morgan fingerprint density at radius 3 is 2.43 bits per heavy atom. The molecule has 0 aromatic carbocycles. The van der Waals surface area contributed by atoms with Gasteiger partial charge in [-0.3, -0.25) is 0 Å². The van der Waals surface area contributed by atoms with Crippen LogP contribution in [0.1, 0.15) is 66.7 Å². The summed E-state index contributed by atoms with van der Waals surface area (Å²) in [5.41, 5.74) is 2.24. The molecule has 0 fully saturated rings. The van der Waals surface area contributed by atoms with E-state index in [2.05, 4.69) is 45.8 Å². The fourth-order valence-corrected chi connectivity index (χ4v) is 2.00. The first-order valence-corrected chi connectivity index (χ1v) is 8.64. The van der Waals surface area contributed by atoms with Gasteiger partial charge in [-0.1, -0.05) is 63.0 Å². The van der Waals surface area contributed by atoms with Crippen molar-refractivity contribution in [1.29, 1.82) is 0 Å². The van der Waals surface area contributed by atoms with Gasteiger partial charge in [-0.2, -0.15) is 0 Å². The fraction of sp³-hybridized carbons (Fsp3) is 0.455. The van der Waals surface area contributed by atoms with Gasteiger partial charge in [-0.05, 0) is 45.3 Å². The maximum Gasteiger partial charge on any atom is 0.122 e. The summed E-state index contributed by atoms with van der Waals surface area (Å²) in [6.07, 6.45) is 22.9. The van der Waals surface area contributed by atoms with Crippen molar-refractivity contribution in [1.82, 2.24) is 0 Å². The van der Waals surface area contributed by atoms with Crippen LogP contribution in [0.4, 0.5) is 0 Å². The van der Waals surface area contributed by atoms with Crippen molar-refractivity contribution in [2.75, 3.05) is 0 Å². The minimum Gasteiger partial charge on any atom is -0.461 e. The van der Waals surface area contributed by atoms with Crippen LogP contribution in [-0.2, 0) is 4.74 Å². The third kappa shape index (κ3) is 9.63. The molecule has 1 nitrogen and oxygen atoms in total. The van der Waals surface area contributed by atoms with Gasteiger partial charge in [0.25, 0.3) is 0 Å². The molecule has 0 heterocycles. The largest absolute Gasteiger partial charge is 0.461 e. The minimum atomic E-state index is 0.767. The van der Waals surface area contributed by atoms with Crippen LogP contribution < -0.4 is 0 Å². The number of ether oxygens (including phenoxy) is 1. The van der Waals surface area contributed by atoms with E-state index in [-0.39, 0.29) is 0 Å². The molecule has 0 bridgehead atoms. The van der Waals surface area contributed by atoms with E-state index in [1.807, 2.05) is 31.2 Å². The second-order valence-electron chi connectivity index (χ2n) is 5.40. The van der Waals surface area contributed by atoms with Crippen LogP contribution in [0.5, 0.6) is 0 Å². The molecule has 0 aliphatic carbocycles. The molecule has 0 saturated carbocycles. The zero-order chi connectivity index (χ0) is 17.5. The van der Waals surface area contributed by atoms with Crippen LogP contribution in [0.2, 0.25) is 0 Å². The van der Waals surface area contributed by atoms with E-state index in [0.29, 0.717) is 0 Å². The number of hydrogen-bond donors (Lipinski definition) is 0. The van der Waals surface area contributed by atoms with Crippen molar-refractivity contribution >= 4 is 0 Å². The lowest BCUT2D eigenvalue weighted by atomic mass is 10.1. The van der Waals surface area contributed by atoms with Crippen LogP contribution in [0.15, 0.2) is 59.1 Å². The Morgan fingerprint density at radius 2 is 1.91 bits per heavy atom. The van der Waals surface area contributed by atoms with Crippen molar-refractivity contribution in [3.63, 3.8) is 0 Å². The predicted octanol–water partition coefficient (Wildman–Crippen LogP) is 6.86. The number of rotatable bonds is 10. The Bertz CT molecular complexity index is 519. The molecule has 23 heavy (non-hydrogen) atoms. The predicted molar refractivity (Wildman–Crippen MR) is 103 cm³/mol. The van der Waals surface area contributed by atoms with Crippen LogP contribution in [0.25, 0.3) is 0 Å². The maximum absolute atomic E-state index is 6.11. The van der Waals surface area contributed by atoms with Crippen molar-refractivity contribution in [2.45, 2.75) is 66.7 Å². The fourth-order valence-electron chi connectivity index (χ4n) is 2.00. The highest BCUT2D eigenvalue weighted by molar-refractivity contribution is 5.32. The van der Waals surface area contributed by atoms with E-state index in [1.54, 1.807) is 0 Å². The number of terminal acetylenes is 1. The SMILES string of the molecule is C#C/C(CC)=C(\C/C(C)=C\CCC)OC(/C=C\C=C\CC)=C/C. The highest BCUT2D eigenvalue weighted by Gasteiger charge is 2.08. The standard InChI is InChI=1S/C22H32O/c1-7-12-14-15-17-21(11-5)23-22(20(9-3)10-4)18-19(6)16-13-8-2/h3,11-12,14-17H,7-8,10,13,18H2,1-2,4-6H3/b14-12+,17-15-,19-16-,21-11+,22-20-. The third-order valence-electron chi connectivity index (χ3n) is 3.35. The van der Waals surface area contributed by atoms with E-state index in [1.165, 1.54) is 5.57 Å². The molecule has 0 aliphatic heterocycles. The lowest BCUT2D eigenvalue weighted by molar-refractivity contribution is 0.306. The van der Waals surface area contributed by atoms with Crippen molar-refractivity contribution in [2.24, 2.45) is 0 Å². The molecule has 0 radical (unpaired) electrons. The molecule has 0 aliphatic rings. The zero-order valence-electron chi connectivity index (χ0n) is 15.5. The summed E-state index contributed by atoms with van der Waals surface area (Å²) in [5, 5.41) is 0. The number of hydrogen-bond acceptors (Lipinski definition) is 1. The van der Waals surface area contributed by atoms with Gasteiger partial charge in [0.2, 0.25) is 0 Å². The minimum absolute atomic E-state index is 0.767. The summed E-state index contributed by atoms with van der Waals surface area (Å²) in [6, 6.07) is 0. The smallest absolute Gasteiger partial charge is 0.122 e. The maximum atomic E-state index is 6.11. The lowest BCUT2D eigenvalue weighted by Gasteiger charge is -2.14. The normalized spacial score (nSPS) is 14.3. The van der Waals surface area contributed by atoms with Gasteiger partial charge in [0, 0.05) is 12.0 Å². The summed E-state index contributed by atoms with van der Waals surface area (Å²) < 4.78 is 6.11. The van der Waals surface area contributed by atoms with Crippen LogP contribution in [-0.4, -0.2) is 0 Å². The van der Waals surface area contributed by atoms with Gasteiger partial charge in [-0.25, -0.2) is 0 Å². The molecule has 126 valence electrons. The van der Waals surface area contributed by atoms with Gasteiger partial charge >= 0.3 is 0 Å². The summed E-state index contributed by atoms with van der Waals surface area (Å²) in [4.78, 5) is 0. The Balaban J connectivity index is 5.24. The van der Waals surface area contributed by atoms with Crippen molar-refractivity contribution in [3.8, 4) is 12.3 Å². The first-order chi connectivity index (χ1) is 11.1. The molecular weight excluding hydrogens is 280 g/mol. The molecule has 0 saturated heterocycles. The Labute approximate surface area is 143 Å². The van der Waals surface area contributed by atoms with E-state index < -0.39 is 0 Å². The highest BCUT2D eigenvalue weighted by atomic mass is 16.5. The third-order valence-corrected chi connectivity index (χ3v) is 3.35. The number of unbranched alkanes of at least 4 members (excludes halogenated alkanes) is 1. The topological polar surface area (TPSA) is 9.23 Å². The van der Waals surface area contributed by atoms with E-state index >= 15 is 0 Å². The summed E-state index contributed by atoms with van der Waals surface area (Å²) >= 11 is 0. The Morgan fingerprint density at radius 1 is 1.17 bits per heavy atom. The quantitative estimate of drug-likeness (QED) is 0.185. The van der Waals surface area contributed by atoms with Crippen molar-refractivity contribution in [3.05, 3.63) is 59.1 Å². The molecule has 0 aromatic rings. The van der Waals surface area contributed by atoms with E-state index in [9.17, 15) is 0 Å². The summed E-state index contributed by atoms with van der Waals surface area (Å²) in [6.45, 7) is 10.5. The first kappa shape index (κ1) is 21.1. The average molecular weight is 312 g/mol. The second kappa shape index (κ2) is 13.7. The van der Waals surface area contributed by atoms with Crippen LogP contribution in [0, 0.1) is 12.3 Å². The average Bonchev–Trinajstić information content (AvgIpc) is 2.56. The highest BCUT2D eigenvalue weighted by Crippen LogP contribution is 2.22. The Hall–Kier alpha value is -1.94. The molecular formula is C22H32O. The molecule has 0 atom stereocenters. The second-order valence-corrected chi connectivity index (χ2v) is 5.40. The molecule has 0 amide bonds. The lowest BCUT2D eigenvalue weighted by Crippen LogP contribution is -1.98. The molecule has 0 unspecified atom stereocenters. The van der Waals surface area contributed by atoms with E-state index in [0.717, 1.165) is 49.2 Å². The monoisotopic (exact) mass is 312 g/mol. The number of allylic oxidation sites excluding steroid dienone is 8. The van der Waals surface area contributed by atoms with Crippen LogP contribution in [0.3, 0.4) is 0 Å².